The zero-order chi connectivity index (χ0) is 21.1. The van der Waals surface area contributed by atoms with E-state index in [4.69, 9.17) is 9.47 Å². The molecule has 0 spiro atoms. The van der Waals surface area contributed by atoms with Crippen LogP contribution >= 0.6 is 0 Å². The summed E-state index contributed by atoms with van der Waals surface area (Å²) in [4.78, 5) is 35.6. The van der Waals surface area contributed by atoms with E-state index >= 15 is 0 Å². The minimum atomic E-state index is -0.449. The summed E-state index contributed by atoms with van der Waals surface area (Å²) >= 11 is 0. The molecule has 0 aliphatic carbocycles. The van der Waals surface area contributed by atoms with Gasteiger partial charge in [-0.05, 0) is 48.9 Å². The van der Waals surface area contributed by atoms with E-state index in [1.807, 2.05) is 6.92 Å². The van der Waals surface area contributed by atoms with E-state index in [9.17, 15) is 14.4 Å². The van der Waals surface area contributed by atoms with Gasteiger partial charge in [0, 0.05) is 18.5 Å². The Morgan fingerprint density at radius 3 is 2.00 bits per heavy atom. The van der Waals surface area contributed by atoms with Crippen molar-refractivity contribution in [1.29, 1.82) is 0 Å². The molecule has 154 valence electrons. The Labute approximate surface area is 169 Å². The minimum absolute atomic E-state index is 0.00655. The van der Waals surface area contributed by atoms with E-state index in [0.29, 0.717) is 18.0 Å². The summed E-state index contributed by atoms with van der Waals surface area (Å²) in [6, 6.07) is 14.0. The molecule has 0 unspecified atom stereocenters. The maximum atomic E-state index is 11.9. The van der Waals surface area contributed by atoms with Crippen LogP contribution in [-0.4, -0.2) is 31.4 Å². The number of hydrogen-bond donors (Lipinski definition) is 3. The van der Waals surface area contributed by atoms with Gasteiger partial charge in [-0.15, -0.1) is 0 Å². The molecule has 0 atom stereocenters. The van der Waals surface area contributed by atoms with Gasteiger partial charge in [-0.1, -0.05) is 12.1 Å². The molecule has 0 fully saturated rings. The van der Waals surface area contributed by atoms with Gasteiger partial charge in [-0.3, -0.25) is 25.2 Å². The monoisotopic (exact) mass is 399 g/mol. The average molecular weight is 399 g/mol. The first-order valence-electron chi connectivity index (χ1n) is 9.23. The van der Waals surface area contributed by atoms with Crippen molar-refractivity contribution in [3.05, 3.63) is 54.1 Å². The fraction of sp³-hybridized carbons (Fsp3) is 0.286. The predicted octanol–water partition coefficient (Wildman–Crippen LogP) is 2.20. The fourth-order valence-corrected chi connectivity index (χ4v) is 2.43. The Bertz CT molecular complexity index is 819. The van der Waals surface area contributed by atoms with E-state index in [1.165, 1.54) is 0 Å². The van der Waals surface area contributed by atoms with Gasteiger partial charge in [0.2, 0.25) is 17.7 Å². The third-order valence-electron chi connectivity index (χ3n) is 3.89. The molecule has 29 heavy (non-hydrogen) atoms. The third kappa shape index (κ3) is 7.92. The maximum Gasteiger partial charge on any atom is 0.242 e. The summed E-state index contributed by atoms with van der Waals surface area (Å²) in [6.07, 6.45) is 0.0571. The molecule has 0 heterocycles. The van der Waals surface area contributed by atoms with Gasteiger partial charge in [0.15, 0.2) is 0 Å². The minimum Gasteiger partial charge on any atom is -0.497 e. The molecule has 2 aromatic rings. The van der Waals surface area contributed by atoms with Crippen LogP contribution in [0, 0.1) is 0 Å². The first kappa shape index (κ1) is 21.7. The quantitative estimate of drug-likeness (QED) is 0.561. The zero-order valence-corrected chi connectivity index (χ0v) is 16.5. The number of methoxy groups -OCH3 is 1. The number of anilines is 1. The third-order valence-corrected chi connectivity index (χ3v) is 3.89. The molecule has 0 bridgehead atoms. The first-order chi connectivity index (χ1) is 14.0. The number of benzene rings is 2. The van der Waals surface area contributed by atoms with Gasteiger partial charge >= 0.3 is 0 Å². The van der Waals surface area contributed by atoms with Crippen molar-refractivity contribution in [3.8, 4) is 11.5 Å². The number of carbonyl (C=O) groups excluding carboxylic acids is 3. The Hall–Kier alpha value is -3.55. The van der Waals surface area contributed by atoms with Crippen molar-refractivity contribution in [2.24, 2.45) is 0 Å². The second-order valence-electron chi connectivity index (χ2n) is 6.13. The van der Waals surface area contributed by atoms with Gasteiger partial charge in [0.05, 0.1) is 20.1 Å². The van der Waals surface area contributed by atoms with Gasteiger partial charge in [-0.2, -0.15) is 0 Å². The van der Waals surface area contributed by atoms with Crippen LogP contribution in [0.25, 0.3) is 0 Å². The van der Waals surface area contributed by atoms with Crippen LogP contribution in [0.1, 0.15) is 25.3 Å². The number of hydrazine groups is 1. The first-order valence-corrected chi connectivity index (χ1v) is 9.23. The molecule has 0 saturated carbocycles. The summed E-state index contributed by atoms with van der Waals surface area (Å²) in [5, 5.41) is 2.70. The average Bonchev–Trinajstić information content (AvgIpc) is 2.73. The predicted molar refractivity (Wildman–Crippen MR) is 108 cm³/mol. The highest BCUT2D eigenvalue weighted by molar-refractivity contribution is 5.93. The molecule has 0 aliphatic rings. The lowest BCUT2D eigenvalue weighted by atomic mass is 10.1. The summed E-state index contributed by atoms with van der Waals surface area (Å²) in [7, 11) is 1.57. The molecule has 0 radical (unpaired) electrons. The number of amides is 3. The zero-order valence-electron chi connectivity index (χ0n) is 16.5. The molecule has 8 nitrogen and oxygen atoms in total. The normalized spacial score (nSPS) is 10.0. The van der Waals surface area contributed by atoms with E-state index < -0.39 is 5.91 Å². The van der Waals surface area contributed by atoms with E-state index in [-0.39, 0.29) is 31.1 Å². The van der Waals surface area contributed by atoms with Crippen LogP contribution in [-0.2, 0) is 20.8 Å². The number of hydrogen-bond acceptors (Lipinski definition) is 5. The molecule has 3 amide bonds. The van der Waals surface area contributed by atoms with Crippen LogP contribution in [0.3, 0.4) is 0 Å². The second kappa shape index (κ2) is 11.3. The van der Waals surface area contributed by atoms with Gasteiger partial charge in [0.1, 0.15) is 11.5 Å². The van der Waals surface area contributed by atoms with Gasteiger partial charge in [0.25, 0.3) is 0 Å². The number of nitrogens with one attached hydrogen (secondary N) is 3. The van der Waals surface area contributed by atoms with Gasteiger partial charge in [-0.25, -0.2) is 0 Å². The van der Waals surface area contributed by atoms with Crippen molar-refractivity contribution >= 4 is 23.4 Å². The van der Waals surface area contributed by atoms with Crippen molar-refractivity contribution in [3.63, 3.8) is 0 Å². The van der Waals surface area contributed by atoms with E-state index in [2.05, 4.69) is 16.2 Å². The Balaban J connectivity index is 1.66. The molecular formula is C21H25N3O5. The van der Waals surface area contributed by atoms with E-state index in [0.717, 1.165) is 11.3 Å². The molecular weight excluding hydrogens is 374 g/mol. The highest BCUT2D eigenvalue weighted by Crippen LogP contribution is 2.16. The Morgan fingerprint density at radius 2 is 1.38 bits per heavy atom. The second-order valence-corrected chi connectivity index (χ2v) is 6.13. The van der Waals surface area contributed by atoms with Crippen molar-refractivity contribution < 1.29 is 23.9 Å². The lowest BCUT2D eigenvalue weighted by molar-refractivity contribution is -0.129. The molecule has 8 heteroatoms. The largest absolute Gasteiger partial charge is 0.497 e. The van der Waals surface area contributed by atoms with Crippen LogP contribution < -0.4 is 25.6 Å². The summed E-state index contributed by atoms with van der Waals surface area (Å²) in [5.74, 6) is 0.312. The van der Waals surface area contributed by atoms with Crippen LogP contribution in [0.5, 0.6) is 11.5 Å². The Morgan fingerprint density at radius 1 is 0.793 bits per heavy atom. The van der Waals surface area contributed by atoms with E-state index in [1.54, 1.807) is 55.6 Å². The highest BCUT2D eigenvalue weighted by Gasteiger charge is 2.09. The summed E-state index contributed by atoms with van der Waals surface area (Å²) in [6.45, 7) is 2.46. The van der Waals surface area contributed by atoms with Crippen LogP contribution in [0.2, 0.25) is 0 Å². The molecule has 2 rings (SSSR count). The van der Waals surface area contributed by atoms with Crippen LogP contribution in [0.4, 0.5) is 5.69 Å². The Kier molecular flexibility index (Phi) is 8.50. The maximum absolute atomic E-state index is 11.9. The molecule has 0 aliphatic heterocycles. The molecule has 0 aromatic heterocycles. The van der Waals surface area contributed by atoms with Gasteiger partial charge < -0.3 is 14.8 Å². The lowest BCUT2D eigenvalue weighted by Crippen LogP contribution is -2.42. The van der Waals surface area contributed by atoms with Crippen LogP contribution in [0.15, 0.2) is 48.5 Å². The SMILES string of the molecule is CCOc1ccc(NC(=O)CCC(=O)NNC(=O)Cc2ccc(OC)cc2)cc1. The van der Waals surface area contributed by atoms with Crippen molar-refractivity contribution in [2.75, 3.05) is 19.0 Å². The number of rotatable bonds is 9. The topological polar surface area (TPSA) is 106 Å². The number of ether oxygens (including phenoxy) is 2. The van der Waals surface area contributed by atoms with Crippen molar-refractivity contribution in [2.45, 2.75) is 26.2 Å². The fourth-order valence-electron chi connectivity index (χ4n) is 2.43. The molecule has 2 aromatic carbocycles. The summed E-state index contributed by atoms with van der Waals surface area (Å²) < 4.78 is 10.4. The molecule has 3 N–H and O–H groups in total. The smallest absolute Gasteiger partial charge is 0.242 e. The molecule has 0 saturated heterocycles. The highest BCUT2D eigenvalue weighted by atomic mass is 16.5. The number of carbonyl (C=O) groups is 3. The van der Waals surface area contributed by atoms with Crippen molar-refractivity contribution in [1.82, 2.24) is 10.9 Å². The summed E-state index contributed by atoms with van der Waals surface area (Å²) in [5.41, 5.74) is 6.04. The lowest BCUT2D eigenvalue weighted by Gasteiger charge is -2.09. The standard InChI is InChI=1S/C21H25N3O5/c1-3-29-18-10-6-16(7-11-18)22-19(25)12-13-20(26)23-24-21(27)14-15-4-8-17(28-2)9-5-15/h4-11H,3,12-14H2,1-2H3,(H,22,25)(H,23,26)(H,24,27).